The second-order valence-electron chi connectivity index (χ2n) is 3.51. The molecule has 0 aromatic heterocycles. The van der Waals surface area contributed by atoms with Crippen molar-refractivity contribution in [2.24, 2.45) is 0 Å². The van der Waals surface area contributed by atoms with E-state index in [4.69, 9.17) is 11.6 Å². The Hall–Kier alpha value is -0.710. The molecule has 1 aromatic rings. The Morgan fingerprint density at radius 2 is 2.44 bits per heavy atom. The molecule has 86 valence electrons. The van der Waals surface area contributed by atoms with Gasteiger partial charge in [-0.2, -0.15) is 0 Å². The van der Waals surface area contributed by atoms with Crippen LogP contribution in [0.5, 0.6) is 0 Å². The van der Waals surface area contributed by atoms with Crippen molar-refractivity contribution < 1.29 is 4.79 Å². The molecule has 1 heterocycles. The summed E-state index contributed by atoms with van der Waals surface area (Å²) in [6, 6.07) is 5.75. The summed E-state index contributed by atoms with van der Waals surface area (Å²) in [4.78, 5) is 14.8. The van der Waals surface area contributed by atoms with Crippen LogP contribution in [0, 0.1) is 0 Å². The van der Waals surface area contributed by atoms with Gasteiger partial charge in [-0.1, -0.05) is 17.7 Å². The van der Waals surface area contributed by atoms with Crippen molar-refractivity contribution in [1.29, 1.82) is 0 Å². The zero-order valence-corrected chi connectivity index (χ0v) is 10.6. The zero-order chi connectivity index (χ0) is 11.5. The first-order chi connectivity index (χ1) is 7.74. The van der Waals surface area contributed by atoms with E-state index in [1.54, 1.807) is 23.7 Å². The normalized spacial score (nSPS) is 14.8. The first kappa shape index (κ1) is 11.8. The van der Waals surface area contributed by atoms with Crippen LogP contribution in [-0.2, 0) is 4.79 Å². The number of carbonyl (C=O) groups excluding carboxylic acids is 1. The van der Waals surface area contributed by atoms with Crippen molar-refractivity contribution in [1.82, 2.24) is 5.32 Å². The van der Waals surface area contributed by atoms with E-state index in [9.17, 15) is 4.79 Å². The minimum absolute atomic E-state index is 0.0668. The molecule has 0 spiro atoms. The van der Waals surface area contributed by atoms with Crippen LogP contribution in [0.3, 0.4) is 0 Å². The number of amides is 1. The largest absolute Gasteiger partial charge is 0.311 e. The number of fused-ring (bicyclic) bond motifs is 1. The zero-order valence-electron chi connectivity index (χ0n) is 9.00. The summed E-state index contributed by atoms with van der Waals surface area (Å²) >= 11 is 7.90. The van der Waals surface area contributed by atoms with Crippen molar-refractivity contribution in [3.63, 3.8) is 0 Å². The van der Waals surface area contributed by atoms with Gasteiger partial charge in [-0.3, -0.25) is 4.79 Å². The number of nitrogens with one attached hydrogen (secondary N) is 1. The van der Waals surface area contributed by atoms with Crippen LogP contribution in [-0.4, -0.2) is 31.8 Å². The number of thioether (sulfide) groups is 1. The van der Waals surface area contributed by atoms with Crippen molar-refractivity contribution in [2.75, 3.05) is 30.8 Å². The highest BCUT2D eigenvalue weighted by Gasteiger charge is 2.24. The Morgan fingerprint density at radius 3 is 3.19 bits per heavy atom. The van der Waals surface area contributed by atoms with E-state index in [0.717, 1.165) is 22.9 Å². The number of nitrogens with zero attached hydrogens (tertiary/aromatic N) is 1. The summed E-state index contributed by atoms with van der Waals surface area (Å²) in [5.41, 5.74) is 0.862. The summed E-state index contributed by atoms with van der Waals surface area (Å²) in [5.74, 6) is 0.986. The number of rotatable bonds is 2. The summed E-state index contributed by atoms with van der Waals surface area (Å²) in [5, 5.41) is 3.52. The van der Waals surface area contributed by atoms with Crippen molar-refractivity contribution in [3.05, 3.63) is 23.2 Å². The fraction of sp³-hybridized carbons (Fsp3) is 0.364. The molecule has 0 unspecified atom stereocenters. The van der Waals surface area contributed by atoms with Gasteiger partial charge in [0.2, 0.25) is 5.91 Å². The maximum Gasteiger partial charge on any atom is 0.241 e. The number of benzene rings is 1. The molecule has 16 heavy (non-hydrogen) atoms. The van der Waals surface area contributed by atoms with Crippen LogP contribution in [0.15, 0.2) is 23.1 Å². The van der Waals surface area contributed by atoms with Crippen LogP contribution in [0.2, 0.25) is 5.02 Å². The predicted molar refractivity (Wildman–Crippen MR) is 68.5 cm³/mol. The smallest absolute Gasteiger partial charge is 0.241 e. The van der Waals surface area contributed by atoms with Crippen molar-refractivity contribution >= 4 is 35.0 Å². The lowest BCUT2D eigenvalue weighted by Gasteiger charge is -2.29. The third-order valence-electron chi connectivity index (χ3n) is 2.42. The summed E-state index contributed by atoms with van der Waals surface area (Å²) in [6.45, 7) is 1.07. The Bertz CT molecular complexity index is 411. The van der Waals surface area contributed by atoms with Gasteiger partial charge in [0.05, 0.1) is 17.3 Å². The molecule has 0 aliphatic carbocycles. The highest BCUT2D eigenvalue weighted by molar-refractivity contribution is 7.99. The fourth-order valence-corrected chi connectivity index (χ4v) is 3.09. The second kappa shape index (κ2) is 5.08. The Morgan fingerprint density at radius 1 is 1.62 bits per heavy atom. The van der Waals surface area contributed by atoms with Crippen molar-refractivity contribution in [2.45, 2.75) is 4.90 Å². The molecule has 0 atom stereocenters. The fourth-order valence-electron chi connectivity index (χ4n) is 1.73. The summed E-state index contributed by atoms with van der Waals surface area (Å²) < 4.78 is 0. The molecule has 2 rings (SSSR count). The van der Waals surface area contributed by atoms with Crippen LogP contribution in [0.4, 0.5) is 5.69 Å². The van der Waals surface area contributed by atoms with E-state index in [1.165, 1.54) is 0 Å². The Labute approximate surface area is 104 Å². The minimum atomic E-state index is 0.0668. The van der Waals surface area contributed by atoms with Gasteiger partial charge in [-0.05, 0) is 19.2 Å². The van der Waals surface area contributed by atoms with Gasteiger partial charge < -0.3 is 10.2 Å². The first-order valence-corrected chi connectivity index (χ1v) is 6.46. The number of halogens is 1. The molecule has 1 amide bonds. The number of carbonyl (C=O) groups is 1. The molecule has 0 radical (unpaired) electrons. The number of hydrogen-bond donors (Lipinski definition) is 1. The van der Waals surface area contributed by atoms with E-state index < -0.39 is 0 Å². The number of para-hydroxylation sites is 1. The highest BCUT2D eigenvalue weighted by atomic mass is 35.5. The van der Waals surface area contributed by atoms with Crippen molar-refractivity contribution in [3.8, 4) is 0 Å². The molecule has 1 aliphatic heterocycles. The van der Waals surface area contributed by atoms with Gasteiger partial charge in [-0.15, -0.1) is 11.8 Å². The highest BCUT2D eigenvalue weighted by Crippen LogP contribution is 2.39. The van der Waals surface area contributed by atoms with Crippen LogP contribution < -0.4 is 10.2 Å². The van der Waals surface area contributed by atoms with E-state index in [0.29, 0.717) is 11.6 Å². The quantitative estimate of drug-likeness (QED) is 0.879. The van der Waals surface area contributed by atoms with Gasteiger partial charge >= 0.3 is 0 Å². The minimum Gasteiger partial charge on any atom is -0.311 e. The number of hydrogen-bond acceptors (Lipinski definition) is 3. The van der Waals surface area contributed by atoms with Crippen LogP contribution >= 0.6 is 23.4 Å². The topological polar surface area (TPSA) is 32.3 Å². The van der Waals surface area contributed by atoms with E-state index >= 15 is 0 Å². The van der Waals surface area contributed by atoms with Gasteiger partial charge in [-0.25, -0.2) is 0 Å². The van der Waals surface area contributed by atoms with E-state index in [2.05, 4.69) is 5.32 Å². The molecule has 3 nitrogen and oxygen atoms in total. The third kappa shape index (κ3) is 2.19. The number of anilines is 1. The predicted octanol–water partition coefficient (Wildman–Crippen LogP) is 2.00. The maximum absolute atomic E-state index is 11.9. The van der Waals surface area contributed by atoms with Gasteiger partial charge in [0, 0.05) is 17.2 Å². The molecule has 0 bridgehead atoms. The standard InChI is InChI=1S/C11H13ClN2OS/c1-13-7-10(15)14-5-6-16-9-4-2-3-8(12)11(9)14/h2-4,13H,5-7H2,1H3. The number of likely N-dealkylation sites (N-methyl/N-ethyl adjacent to an activating group) is 1. The molecule has 1 aromatic carbocycles. The van der Waals surface area contributed by atoms with Crippen LogP contribution in [0.1, 0.15) is 0 Å². The first-order valence-electron chi connectivity index (χ1n) is 5.10. The van der Waals surface area contributed by atoms with Gasteiger partial charge in [0.25, 0.3) is 0 Å². The van der Waals surface area contributed by atoms with Crippen LogP contribution in [0.25, 0.3) is 0 Å². The summed E-state index contributed by atoms with van der Waals surface area (Å²) in [7, 11) is 1.77. The molecule has 1 aliphatic rings. The molecular formula is C11H13ClN2OS. The van der Waals surface area contributed by atoms with E-state index in [1.807, 2.05) is 18.2 Å². The molecular weight excluding hydrogens is 244 g/mol. The SMILES string of the molecule is CNCC(=O)N1CCSc2cccc(Cl)c21. The molecule has 5 heteroatoms. The van der Waals surface area contributed by atoms with Gasteiger partial charge in [0.1, 0.15) is 0 Å². The van der Waals surface area contributed by atoms with E-state index in [-0.39, 0.29) is 5.91 Å². The summed E-state index contributed by atoms with van der Waals surface area (Å²) in [6.07, 6.45) is 0. The Balaban J connectivity index is 2.35. The molecule has 0 fully saturated rings. The average molecular weight is 257 g/mol. The Kier molecular flexibility index (Phi) is 3.74. The maximum atomic E-state index is 11.9. The molecule has 0 saturated carbocycles. The lowest BCUT2D eigenvalue weighted by atomic mass is 10.2. The molecule has 0 saturated heterocycles. The average Bonchev–Trinajstić information content (AvgIpc) is 2.29. The lowest BCUT2D eigenvalue weighted by Crippen LogP contribution is -2.40. The monoisotopic (exact) mass is 256 g/mol. The third-order valence-corrected chi connectivity index (χ3v) is 3.75. The van der Waals surface area contributed by atoms with Gasteiger partial charge in [0.15, 0.2) is 0 Å². The second-order valence-corrected chi connectivity index (χ2v) is 5.05. The lowest BCUT2D eigenvalue weighted by molar-refractivity contribution is -0.117. The molecule has 1 N–H and O–H groups in total.